The van der Waals surface area contributed by atoms with Gasteiger partial charge < -0.3 is 15.1 Å². The van der Waals surface area contributed by atoms with Crippen molar-refractivity contribution in [1.29, 1.82) is 0 Å². The summed E-state index contributed by atoms with van der Waals surface area (Å²) >= 11 is 1.30. The van der Waals surface area contributed by atoms with Crippen LogP contribution in [0.15, 0.2) is 12.1 Å². The summed E-state index contributed by atoms with van der Waals surface area (Å²) in [6.07, 6.45) is 2.85. The van der Waals surface area contributed by atoms with Crippen molar-refractivity contribution < 1.29 is 19.8 Å². The molecule has 1 aliphatic heterocycles. The van der Waals surface area contributed by atoms with Crippen LogP contribution in [0, 0.1) is 12.8 Å². The molecule has 0 aromatic carbocycles. The van der Waals surface area contributed by atoms with E-state index in [9.17, 15) is 14.7 Å². The molecule has 2 heterocycles. The van der Waals surface area contributed by atoms with Crippen LogP contribution in [0.1, 0.15) is 33.5 Å². The number of thiophene rings is 1. The van der Waals surface area contributed by atoms with E-state index < -0.39 is 5.97 Å². The number of carbonyl (C=O) groups is 2. The van der Waals surface area contributed by atoms with Gasteiger partial charge in [-0.2, -0.15) is 0 Å². The second-order valence-electron chi connectivity index (χ2n) is 5.41. The molecule has 1 aliphatic rings. The summed E-state index contributed by atoms with van der Waals surface area (Å²) in [6, 6.07) is 1.80. The maximum Gasteiger partial charge on any atom is 0.328 e. The molecular weight excluding hydrogens is 290 g/mol. The largest absolute Gasteiger partial charge is 0.478 e. The molecule has 5 nitrogen and oxygen atoms in total. The minimum absolute atomic E-state index is 0.0446. The third-order valence-corrected chi connectivity index (χ3v) is 4.88. The van der Waals surface area contributed by atoms with E-state index in [0.29, 0.717) is 24.4 Å². The van der Waals surface area contributed by atoms with Gasteiger partial charge in [-0.3, -0.25) is 4.79 Å². The minimum atomic E-state index is -1.01. The van der Waals surface area contributed by atoms with E-state index in [4.69, 9.17) is 5.11 Å². The number of carboxylic acid groups (broad SMARTS) is 1. The van der Waals surface area contributed by atoms with E-state index in [2.05, 4.69) is 0 Å². The predicted molar refractivity (Wildman–Crippen MR) is 81.4 cm³/mol. The topological polar surface area (TPSA) is 77.8 Å². The number of carboxylic acids is 1. The van der Waals surface area contributed by atoms with Crippen molar-refractivity contribution in [3.8, 4) is 0 Å². The number of nitrogens with zero attached hydrogens (tertiary/aromatic N) is 1. The number of hydrogen-bond acceptors (Lipinski definition) is 4. The summed E-state index contributed by atoms with van der Waals surface area (Å²) in [4.78, 5) is 26.2. The maximum absolute atomic E-state index is 12.5. The van der Waals surface area contributed by atoms with Crippen molar-refractivity contribution in [2.24, 2.45) is 5.92 Å². The number of aryl methyl sites for hydroxylation is 1. The lowest BCUT2D eigenvalue weighted by molar-refractivity contribution is -0.131. The number of rotatable bonds is 3. The average molecular weight is 309 g/mol. The average Bonchev–Trinajstić information content (AvgIpc) is 2.80. The molecule has 114 valence electrons. The summed E-state index contributed by atoms with van der Waals surface area (Å²) in [7, 11) is 0. The zero-order valence-electron chi connectivity index (χ0n) is 12.1. The van der Waals surface area contributed by atoms with Gasteiger partial charge in [0, 0.05) is 24.0 Å². The van der Waals surface area contributed by atoms with Gasteiger partial charge in [0.25, 0.3) is 5.91 Å². The van der Waals surface area contributed by atoms with Gasteiger partial charge in [0.2, 0.25) is 0 Å². The summed E-state index contributed by atoms with van der Waals surface area (Å²) in [5.74, 6) is -0.971. The Bertz CT molecular complexity index is 578. The Morgan fingerprint density at radius 2 is 2.19 bits per heavy atom. The van der Waals surface area contributed by atoms with E-state index in [0.717, 1.165) is 16.5 Å². The molecule has 0 saturated carbocycles. The third kappa shape index (κ3) is 3.71. The lowest BCUT2D eigenvalue weighted by atomic mass is 9.96. The van der Waals surface area contributed by atoms with Crippen molar-refractivity contribution in [3.63, 3.8) is 0 Å². The summed E-state index contributed by atoms with van der Waals surface area (Å²) in [6.45, 7) is 4.90. The lowest BCUT2D eigenvalue weighted by Crippen LogP contribution is -2.44. The summed E-state index contributed by atoms with van der Waals surface area (Å²) in [5, 5.41) is 18.4. The highest BCUT2D eigenvalue weighted by atomic mass is 32.1. The Balaban J connectivity index is 2.13. The Labute approximate surface area is 127 Å². The third-order valence-electron chi connectivity index (χ3n) is 3.69. The minimum Gasteiger partial charge on any atom is -0.478 e. The molecule has 21 heavy (non-hydrogen) atoms. The highest BCUT2D eigenvalue weighted by Crippen LogP contribution is 2.26. The Kier molecular flexibility index (Phi) is 4.80. The van der Waals surface area contributed by atoms with E-state index in [-0.39, 0.29) is 17.9 Å². The van der Waals surface area contributed by atoms with E-state index in [1.807, 2.05) is 13.8 Å². The number of hydrogen-bond donors (Lipinski definition) is 2. The first-order chi connectivity index (χ1) is 9.88. The number of likely N-dealkylation sites (tertiary alicyclic amines) is 1. The van der Waals surface area contributed by atoms with Crippen molar-refractivity contribution in [2.45, 2.75) is 26.4 Å². The second kappa shape index (κ2) is 6.41. The Morgan fingerprint density at radius 1 is 1.48 bits per heavy atom. The molecule has 1 aromatic rings. The van der Waals surface area contributed by atoms with Crippen molar-refractivity contribution in [1.82, 2.24) is 4.90 Å². The molecular formula is C15H19NO4S. The zero-order valence-corrected chi connectivity index (χ0v) is 12.9. The fraction of sp³-hybridized carbons (Fsp3) is 0.467. The van der Waals surface area contributed by atoms with Crippen LogP contribution in [0.25, 0.3) is 6.08 Å². The van der Waals surface area contributed by atoms with Crippen LogP contribution >= 0.6 is 11.3 Å². The molecule has 2 N–H and O–H groups in total. The number of aliphatic hydroxyl groups is 1. The van der Waals surface area contributed by atoms with Crippen LogP contribution in [-0.4, -0.2) is 46.2 Å². The second-order valence-corrected chi connectivity index (χ2v) is 6.50. The maximum atomic E-state index is 12.5. The molecule has 2 unspecified atom stereocenters. The van der Waals surface area contributed by atoms with Crippen LogP contribution in [0.2, 0.25) is 0 Å². The molecule has 1 amide bonds. The first-order valence-corrected chi connectivity index (χ1v) is 7.69. The molecule has 1 fully saturated rings. The number of amides is 1. The summed E-state index contributed by atoms with van der Waals surface area (Å²) < 4.78 is 0. The SMILES string of the molecule is Cc1cc(C(=O)N2CCC(O)C(C)C2)sc1/C=C/C(=O)O. The van der Waals surface area contributed by atoms with Crippen LogP contribution < -0.4 is 0 Å². The molecule has 0 spiro atoms. The van der Waals surface area contributed by atoms with Gasteiger partial charge in [0.1, 0.15) is 0 Å². The molecule has 2 atom stereocenters. The molecule has 0 radical (unpaired) electrons. The first-order valence-electron chi connectivity index (χ1n) is 6.87. The highest BCUT2D eigenvalue weighted by Gasteiger charge is 2.28. The number of piperidine rings is 1. The molecule has 0 aliphatic carbocycles. The zero-order chi connectivity index (χ0) is 15.6. The first kappa shape index (κ1) is 15.7. The van der Waals surface area contributed by atoms with Crippen molar-refractivity contribution in [2.75, 3.05) is 13.1 Å². The number of carbonyl (C=O) groups excluding carboxylic acids is 1. The van der Waals surface area contributed by atoms with Gasteiger partial charge in [-0.05, 0) is 37.0 Å². The normalized spacial score (nSPS) is 22.7. The van der Waals surface area contributed by atoms with Crippen LogP contribution in [0.3, 0.4) is 0 Å². The van der Waals surface area contributed by atoms with Gasteiger partial charge in [-0.25, -0.2) is 4.79 Å². The van der Waals surface area contributed by atoms with Gasteiger partial charge in [0.15, 0.2) is 0 Å². The molecule has 1 aromatic heterocycles. The molecule has 6 heteroatoms. The van der Waals surface area contributed by atoms with Gasteiger partial charge in [-0.1, -0.05) is 6.92 Å². The Hall–Kier alpha value is -1.66. The Morgan fingerprint density at radius 3 is 2.81 bits per heavy atom. The van der Waals surface area contributed by atoms with E-state index in [1.54, 1.807) is 11.0 Å². The standard InChI is InChI=1S/C15H19NO4S/c1-9-7-13(21-12(9)3-4-14(18)19)15(20)16-6-5-11(17)10(2)8-16/h3-4,7,10-11,17H,5-6,8H2,1-2H3,(H,18,19)/b4-3+. The van der Waals surface area contributed by atoms with Gasteiger partial charge >= 0.3 is 5.97 Å². The van der Waals surface area contributed by atoms with Crippen molar-refractivity contribution >= 4 is 29.3 Å². The van der Waals surface area contributed by atoms with E-state index in [1.165, 1.54) is 17.4 Å². The fourth-order valence-electron chi connectivity index (χ4n) is 2.39. The predicted octanol–water partition coefficient (Wildman–Crippen LogP) is 2.00. The van der Waals surface area contributed by atoms with Gasteiger partial charge in [-0.15, -0.1) is 11.3 Å². The van der Waals surface area contributed by atoms with Gasteiger partial charge in [0.05, 0.1) is 11.0 Å². The number of aliphatic carboxylic acids is 1. The quantitative estimate of drug-likeness (QED) is 0.837. The fourth-order valence-corrected chi connectivity index (χ4v) is 3.43. The van der Waals surface area contributed by atoms with Crippen LogP contribution in [0.5, 0.6) is 0 Å². The van der Waals surface area contributed by atoms with Crippen LogP contribution in [-0.2, 0) is 4.79 Å². The number of aliphatic hydroxyl groups excluding tert-OH is 1. The van der Waals surface area contributed by atoms with Crippen molar-refractivity contribution in [3.05, 3.63) is 27.5 Å². The lowest BCUT2D eigenvalue weighted by Gasteiger charge is -2.34. The molecule has 0 bridgehead atoms. The van der Waals surface area contributed by atoms with Crippen LogP contribution in [0.4, 0.5) is 0 Å². The summed E-state index contributed by atoms with van der Waals surface area (Å²) in [5.41, 5.74) is 0.894. The highest BCUT2D eigenvalue weighted by molar-refractivity contribution is 7.15. The molecule has 2 rings (SSSR count). The molecule has 1 saturated heterocycles. The monoisotopic (exact) mass is 309 g/mol. The smallest absolute Gasteiger partial charge is 0.328 e. The van der Waals surface area contributed by atoms with E-state index >= 15 is 0 Å².